The summed E-state index contributed by atoms with van der Waals surface area (Å²) in [5.41, 5.74) is 0. The molecule has 1 saturated carbocycles. The van der Waals surface area contributed by atoms with Gasteiger partial charge in [0, 0.05) is 5.88 Å². The highest BCUT2D eigenvalue weighted by atomic mass is 35.5. The minimum atomic E-state index is -0.0307. The Hall–Kier alpha value is -0.260. The highest BCUT2D eigenvalue weighted by molar-refractivity contribution is 6.18. The van der Waals surface area contributed by atoms with E-state index in [2.05, 4.69) is 6.07 Å². The lowest BCUT2D eigenvalue weighted by atomic mass is 9.85. The first kappa shape index (κ1) is 11.2. The second-order valence-electron chi connectivity index (χ2n) is 4.79. The summed E-state index contributed by atoms with van der Waals surface area (Å²) < 4.78 is 5.99. The molecule has 0 radical (unpaired) electrons. The molecule has 0 amide bonds. The molecule has 0 aromatic carbocycles. The van der Waals surface area contributed by atoms with Crippen LogP contribution >= 0.6 is 11.6 Å². The second-order valence-corrected chi connectivity index (χ2v) is 5.10. The lowest BCUT2D eigenvalue weighted by molar-refractivity contribution is 0.0126. The standard InChI is InChI=1S/C12H18ClNO/c13-7-9(8-14)5-11-6-10-3-1-2-4-12(10)15-11/h9-12H,1-7H2. The Labute approximate surface area is 96.6 Å². The van der Waals surface area contributed by atoms with E-state index in [9.17, 15) is 0 Å². The van der Waals surface area contributed by atoms with Crippen LogP contribution in [0.5, 0.6) is 0 Å². The topological polar surface area (TPSA) is 33.0 Å². The van der Waals surface area contributed by atoms with Crippen LogP contribution in [0.3, 0.4) is 0 Å². The fourth-order valence-corrected chi connectivity index (χ4v) is 3.08. The van der Waals surface area contributed by atoms with Gasteiger partial charge in [-0.05, 0) is 31.6 Å². The zero-order valence-electron chi connectivity index (χ0n) is 8.99. The number of alkyl halides is 1. The first-order valence-electron chi connectivity index (χ1n) is 5.94. The van der Waals surface area contributed by atoms with Gasteiger partial charge in [-0.25, -0.2) is 0 Å². The molecule has 0 aromatic rings. The van der Waals surface area contributed by atoms with Crippen molar-refractivity contribution < 1.29 is 4.74 Å². The first-order valence-corrected chi connectivity index (χ1v) is 6.48. The lowest BCUT2D eigenvalue weighted by Crippen LogP contribution is -2.20. The van der Waals surface area contributed by atoms with Gasteiger partial charge in [-0.2, -0.15) is 5.26 Å². The van der Waals surface area contributed by atoms with Crippen molar-refractivity contribution in [1.29, 1.82) is 5.26 Å². The fourth-order valence-electron chi connectivity index (χ4n) is 2.88. The van der Waals surface area contributed by atoms with Gasteiger partial charge in [-0.15, -0.1) is 11.6 Å². The van der Waals surface area contributed by atoms with Crippen molar-refractivity contribution in [2.45, 2.75) is 50.7 Å². The van der Waals surface area contributed by atoms with Gasteiger partial charge in [0.15, 0.2) is 0 Å². The summed E-state index contributed by atoms with van der Waals surface area (Å²) >= 11 is 5.72. The quantitative estimate of drug-likeness (QED) is 0.695. The van der Waals surface area contributed by atoms with Crippen LogP contribution < -0.4 is 0 Å². The average Bonchev–Trinajstić information content (AvgIpc) is 2.68. The van der Waals surface area contributed by atoms with Crippen molar-refractivity contribution in [3.8, 4) is 6.07 Å². The Morgan fingerprint density at radius 1 is 1.40 bits per heavy atom. The summed E-state index contributed by atoms with van der Waals surface area (Å²) in [7, 11) is 0. The molecular weight excluding hydrogens is 210 g/mol. The largest absolute Gasteiger partial charge is 0.375 e. The van der Waals surface area contributed by atoms with Crippen LogP contribution in [0, 0.1) is 23.2 Å². The molecule has 0 N–H and O–H groups in total. The van der Waals surface area contributed by atoms with E-state index < -0.39 is 0 Å². The summed E-state index contributed by atoms with van der Waals surface area (Å²) in [5.74, 6) is 1.17. The number of nitriles is 1. The van der Waals surface area contributed by atoms with E-state index in [-0.39, 0.29) is 5.92 Å². The minimum Gasteiger partial charge on any atom is -0.375 e. The molecule has 1 heterocycles. The van der Waals surface area contributed by atoms with Crippen LogP contribution in [0.25, 0.3) is 0 Å². The van der Waals surface area contributed by atoms with Crippen molar-refractivity contribution >= 4 is 11.6 Å². The number of hydrogen-bond donors (Lipinski definition) is 0. The molecule has 0 aromatic heterocycles. The number of rotatable bonds is 3. The molecule has 4 atom stereocenters. The highest BCUT2D eigenvalue weighted by Gasteiger charge is 2.37. The Bertz CT molecular complexity index is 236. The third-order valence-corrected chi connectivity index (χ3v) is 4.06. The summed E-state index contributed by atoms with van der Waals surface area (Å²) in [6.07, 6.45) is 7.96. The normalized spacial score (nSPS) is 36.9. The van der Waals surface area contributed by atoms with Gasteiger partial charge in [-0.1, -0.05) is 12.8 Å². The predicted octanol–water partition coefficient (Wildman–Crippen LogP) is 3.10. The van der Waals surface area contributed by atoms with Crippen LogP contribution in [0.2, 0.25) is 0 Å². The van der Waals surface area contributed by atoms with E-state index in [1.54, 1.807) is 0 Å². The maximum atomic E-state index is 8.85. The summed E-state index contributed by atoms with van der Waals surface area (Å²) in [6.45, 7) is 0. The van der Waals surface area contributed by atoms with Crippen LogP contribution in [0.4, 0.5) is 0 Å². The van der Waals surface area contributed by atoms with Crippen molar-refractivity contribution in [2.24, 2.45) is 11.8 Å². The smallest absolute Gasteiger partial charge is 0.0669 e. The molecule has 2 aliphatic rings. The third kappa shape index (κ3) is 2.65. The Balaban J connectivity index is 1.84. The van der Waals surface area contributed by atoms with E-state index in [0.29, 0.717) is 18.1 Å². The molecule has 84 valence electrons. The molecule has 1 aliphatic carbocycles. The van der Waals surface area contributed by atoms with Gasteiger partial charge < -0.3 is 4.74 Å². The molecule has 0 bridgehead atoms. The summed E-state index contributed by atoms with van der Waals surface area (Å²) in [6, 6.07) is 2.25. The zero-order chi connectivity index (χ0) is 10.7. The third-order valence-electron chi connectivity index (χ3n) is 3.69. The van der Waals surface area contributed by atoms with Gasteiger partial charge in [0.25, 0.3) is 0 Å². The number of hydrogen-bond acceptors (Lipinski definition) is 2. The first-order chi connectivity index (χ1) is 7.33. The fraction of sp³-hybridized carbons (Fsp3) is 0.917. The summed E-state index contributed by atoms with van der Waals surface area (Å²) in [4.78, 5) is 0. The predicted molar refractivity (Wildman–Crippen MR) is 59.7 cm³/mol. The number of ether oxygens (including phenoxy) is 1. The maximum Gasteiger partial charge on any atom is 0.0669 e. The molecule has 2 rings (SSSR count). The van der Waals surface area contributed by atoms with E-state index in [4.69, 9.17) is 21.6 Å². The molecular formula is C12H18ClNO. The Kier molecular flexibility index (Phi) is 3.88. The number of fused-ring (bicyclic) bond motifs is 1. The van der Waals surface area contributed by atoms with Crippen LogP contribution in [0.1, 0.15) is 38.5 Å². The minimum absolute atomic E-state index is 0.0307. The van der Waals surface area contributed by atoms with Crippen molar-refractivity contribution in [2.75, 3.05) is 5.88 Å². The Morgan fingerprint density at radius 3 is 2.87 bits per heavy atom. The highest BCUT2D eigenvalue weighted by Crippen LogP contribution is 2.39. The molecule has 2 fully saturated rings. The van der Waals surface area contributed by atoms with Crippen LogP contribution in [-0.4, -0.2) is 18.1 Å². The van der Waals surface area contributed by atoms with Gasteiger partial charge in [0.2, 0.25) is 0 Å². The van der Waals surface area contributed by atoms with Crippen LogP contribution in [-0.2, 0) is 4.74 Å². The second kappa shape index (κ2) is 5.18. The van der Waals surface area contributed by atoms with E-state index in [1.165, 1.54) is 25.7 Å². The van der Waals surface area contributed by atoms with Gasteiger partial charge in [-0.3, -0.25) is 0 Å². The summed E-state index contributed by atoms with van der Waals surface area (Å²) in [5, 5.41) is 8.85. The van der Waals surface area contributed by atoms with Crippen molar-refractivity contribution in [3.63, 3.8) is 0 Å². The zero-order valence-corrected chi connectivity index (χ0v) is 9.75. The lowest BCUT2D eigenvalue weighted by Gasteiger charge is -2.23. The molecule has 15 heavy (non-hydrogen) atoms. The van der Waals surface area contributed by atoms with E-state index >= 15 is 0 Å². The SMILES string of the molecule is N#CC(CCl)CC1CC2CCCCC2O1. The monoisotopic (exact) mass is 227 g/mol. The molecule has 2 nitrogen and oxygen atoms in total. The van der Waals surface area contributed by atoms with E-state index in [1.807, 2.05) is 0 Å². The Morgan fingerprint density at radius 2 is 2.20 bits per heavy atom. The van der Waals surface area contributed by atoms with Gasteiger partial charge in [0.05, 0.1) is 24.2 Å². The van der Waals surface area contributed by atoms with Crippen molar-refractivity contribution in [3.05, 3.63) is 0 Å². The van der Waals surface area contributed by atoms with E-state index in [0.717, 1.165) is 18.8 Å². The molecule has 4 unspecified atom stereocenters. The number of halogens is 1. The molecule has 0 spiro atoms. The van der Waals surface area contributed by atoms with Crippen LogP contribution in [0.15, 0.2) is 0 Å². The van der Waals surface area contributed by atoms with Crippen molar-refractivity contribution in [1.82, 2.24) is 0 Å². The maximum absolute atomic E-state index is 8.85. The number of nitrogens with zero attached hydrogens (tertiary/aromatic N) is 1. The van der Waals surface area contributed by atoms with Gasteiger partial charge >= 0.3 is 0 Å². The molecule has 1 saturated heterocycles. The average molecular weight is 228 g/mol. The van der Waals surface area contributed by atoms with Gasteiger partial charge in [0.1, 0.15) is 0 Å². The molecule has 1 aliphatic heterocycles. The molecule has 3 heteroatoms.